The molecule has 0 N–H and O–H groups in total. The van der Waals surface area contributed by atoms with Gasteiger partial charge in [-0.2, -0.15) is 5.10 Å². The van der Waals surface area contributed by atoms with Crippen LogP contribution in [0.25, 0.3) is 38.7 Å². The highest BCUT2D eigenvalue weighted by Crippen LogP contribution is 2.34. The molecule has 0 fully saturated rings. The zero-order chi connectivity index (χ0) is 17.0. The number of halogens is 1. The van der Waals surface area contributed by atoms with Gasteiger partial charge in [-0.3, -0.25) is 0 Å². The van der Waals surface area contributed by atoms with Crippen LogP contribution in [0.5, 0.6) is 0 Å². The minimum absolute atomic E-state index is 0.632. The van der Waals surface area contributed by atoms with Gasteiger partial charge >= 0.3 is 0 Å². The summed E-state index contributed by atoms with van der Waals surface area (Å²) in [5.41, 5.74) is 4.14. The minimum atomic E-state index is 0.632. The first-order chi connectivity index (χ1) is 12.2. The fraction of sp³-hybridized carbons (Fsp3) is 0.0526. The molecule has 5 rings (SSSR count). The molecule has 4 aromatic heterocycles. The Balaban J connectivity index is 1.90. The number of pyridine rings is 3. The van der Waals surface area contributed by atoms with E-state index in [9.17, 15) is 0 Å². The highest BCUT2D eigenvalue weighted by atomic mass is 35.5. The summed E-state index contributed by atoms with van der Waals surface area (Å²) in [7, 11) is 0. The van der Waals surface area contributed by atoms with Gasteiger partial charge in [0, 0.05) is 23.2 Å². The first-order valence-corrected chi connectivity index (χ1v) is 8.24. The Hall–Kier alpha value is -3.05. The SMILES string of the molecule is Cc1ccnc2nc3c(cnc4c3cnn4-c3ccccc3)c(Cl)c12. The van der Waals surface area contributed by atoms with Gasteiger partial charge in [0.05, 0.1) is 27.8 Å². The molecular formula is C19H12ClN5. The first-order valence-electron chi connectivity index (χ1n) is 7.87. The zero-order valence-corrected chi connectivity index (χ0v) is 14.1. The number of hydrogen-bond acceptors (Lipinski definition) is 4. The largest absolute Gasteiger partial charge is 0.237 e. The lowest BCUT2D eigenvalue weighted by atomic mass is 10.1. The van der Waals surface area contributed by atoms with E-state index in [-0.39, 0.29) is 0 Å². The number of benzene rings is 1. The van der Waals surface area contributed by atoms with Crippen LogP contribution in [-0.4, -0.2) is 24.7 Å². The van der Waals surface area contributed by atoms with Crippen LogP contribution in [0.4, 0.5) is 0 Å². The third kappa shape index (κ3) is 2.03. The van der Waals surface area contributed by atoms with Crippen LogP contribution in [0.3, 0.4) is 0 Å². The van der Waals surface area contributed by atoms with E-state index in [4.69, 9.17) is 16.6 Å². The number of para-hydroxylation sites is 1. The molecule has 120 valence electrons. The van der Waals surface area contributed by atoms with E-state index in [1.807, 2.05) is 43.3 Å². The fourth-order valence-electron chi connectivity index (χ4n) is 3.14. The van der Waals surface area contributed by atoms with Crippen molar-refractivity contribution in [1.82, 2.24) is 24.7 Å². The summed E-state index contributed by atoms with van der Waals surface area (Å²) in [6.07, 6.45) is 5.29. The van der Waals surface area contributed by atoms with Crippen molar-refractivity contribution in [3.05, 3.63) is 65.6 Å². The predicted molar refractivity (Wildman–Crippen MR) is 99.2 cm³/mol. The molecule has 0 aliphatic carbocycles. The fourth-order valence-corrected chi connectivity index (χ4v) is 3.52. The van der Waals surface area contributed by atoms with E-state index in [2.05, 4.69) is 15.1 Å². The molecule has 0 aliphatic heterocycles. The van der Waals surface area contributed by atoms with Gasteiger partial charge in [-0.05, 0) is 30.7 Å². The summed E-state index contributed by atoms with van der Waals surface area (Å²) in [5, 5.41) is 7.66. The highest BCUT2D eigenvalue weighted by molar-refractivity contribution is 6.41. The van der Waals surface area contributed by atoms with Gasteiger partial charge in [-0.15, -0.1) is 0 Å². The summed E-state index contributed by atoms with van der Waals surface area (Å²) < 4.78 is 1.80. The number of aromatic nitrogens is 5. The normalized spacial score (nSPS) is 11.6. The van der Waals surface area contributed by atoms with E-state index >= 15 is 0 Å². The lowest BCUT2D eigenvalue weighted by molar-refractivity contribution is 0.897. The van der Waals surface area contributed by atoms with Crippen molar-refractivity contribution in [2.75, 3.05) is 0 Å². The lowest BCUT2D eigenvalue weighted by Gasteiger charge is -2.08. The number of fused-ring (bicyclic) bond motifs is 4. The quantitative estimate of drug-likeness (QED) is 0.420. The van der Waals surface area contributed by atoms with E-state index in [0.29, 0.717) is 10.7 Å². The van der Waals surface area contributed by atoms with E-state index in [1.165, 1.54) is 0 Å². The standard InChI is InChI=1S/C19H12ClN5/c1-11-7-8-21-18-15(11)16(20)13-9-22-19-14(17(13)24-18)10-23-25(19)12-5-3-2-4-6-12/h2-10H,1H3. The monoisotopic (exact) mass is 345 g/mol. The Morgan fingerprint density at radius 2 is 1.80 bits per heavy atom. The Kier molecular flexibility index (Phi) is 2.99. The minimum Gasteiger partial charge on any atom is -0.237 e. The van der Waals surface area contributed by atoms with Crippen molar-refractivity contribution in [3.63, 3.8) is 0 Å². The van der Waals surface area contributed by atoms with Gasteiger partial charge in [0.15, 0.2) is 11.3 Å². The van der Waals surface area contributed by atoms with Gasteiger partial charge in [0.25, 0.3) is 0 Å². The summed E-state index contributed by atoms with van der Waals surface area (Å²) in [4.78, 5) is 13.7. The first kappa shape index (κ1) is 14.3. The van der Waals surface area contributed by atoms with Crippen LogP contribution in [0, 0.1) is 6.92 Å². The number of rotatable bonds is 1. The van der Waals surface area contributed by atoms with Crippen LogP contribution >= 0.6 is 11.6 Å². The van der Waals surface area contributed by atoms with Gasteiger partial charge in [0.1, 0.15) is 0 Å². The summed E-state index contributed by atoms with van der Waals surface area (Å²) >= 11 is 6.66. The van der Waals surface area contributed by atoms with Crippen molar-refractivity contribution in [1.29, 1.82) is 0 Å². The molecule has 0 spiro atoms. The van der Waals surface area contributed by atoms with Crippen LogP contribution in [0.1, 0.15) is 5.56 Å². The van der Waals surface area contributed by atoms with Gasteiger partial charge in [0.2, 0.25) is 0 Å². The van der Waals surface area contributed by atoms with E-state index < -0.39 is 0 Å². The molecule has 6 heteroatoms. The number of aryl methyl sites for hydroxylation is 1. The zero-order valence-electron chi connectivity index (χ0n) is 13.3. The van der Waals surface area contributed by atoms with Crippen LogP contribution < -0.4 is 0 Å². The second-order valence-electron chi connectivity index (χ2n) is 5.90. The molecule has 0 bridgehead atoms. The lowest BCUT2D eigenvalue weighted by Crippen LogP contribution is -1.97. The number of nitrogens with zero attached hydrogens (tertiary/aromatic N) is 5. The molecule has 0 saturated carbocycles. The van der Waals surface area contributed by atoms with Gasteiger partial charge < -0.3 is 0 Å². The molecule has 1 aromatic carbocycles. The van der Waals surface area contributed by atoms with E-state index in [0.717, 1.165) is 38.6 Å². The molecule has 25 heavy (non-hydrogen) atoms. The van der Waals surface area contributed by atoms with Crippen molar-refractivity contribution < 1.29 is 0 Å². The van der Waals surface area contributed by atoms with Crippen molar-refractivity contribution in [2.24, 2.45) is 0 Å². The second-order valence-corrected chi connectivity index (χ2v) is 6.28. The molecule has 0 unspecified atom stereocenters. The Labute approximate surface area is 147 Å². The predicted octanol–water partition coefficient (Wildman–Crippen LogP) is 4.48. The maximum atomic E-state index is 6.66. The molecule has 0 radical (unpaired) electrons. The Morgan fingerprint density at radius 1 is 0.960 bits per heavy atom. The third-order valence-corrected chi connectivity index (χ3v) is 4.78. The highest BCUT2D eigenvalue weighted by Gasteiger charge is 2.16. The molecule has 0 saturated heterocycles. The van der Waals surface area contributed by atoms with Crippen molar-refractivity contribution in [3.8, 4) is 5.69 Å². The summed E-state index contributed by atoms with van der Waals surface area (Å²) in [5.74, 6) is 0. The Morgan fingerprint density at radius 3 is 2.64 bits per heavy atom. The molecule has 5 aromatic rings. The van der Waals surface area contributed by atoms with Gasteiger partial charge in [-0.25, -0.2) is 19.6 Å². The van der Waals surface area contributed by atoms with Crippen molar-refractivity contribution in [2.45, 2.75) is 6.92 Å². The molecule has 4 heterocycles. The summed E-state index contributed by atoms with van der Waals surface area (Å²) in [6, 6.07) is 11.8. The van der Waals surface area contributed by atoms with Crippen LogP contribution in [-0.2, 0) is 0 Å². The van der Waals surface area contributed by atoms with Crippen LogP contribution in [0.15, 0.2) is 55.0 Å². The molecule has 0 aliphatic rings. The topological polar surface area (TPSA) is 56.5 Å². The maximum Gasteiger partial charge on any atom is 0.165 e. The summed E-state index contributed by atoms with van der Waals surface area (Å²) in [6.45, 7) is 2.00. The van der Waals surface area contributed by atoms with E-state index in [1.54, 1.807) is 23.3 Å². The van der Waals surface area contributed by atoms with Crippen molar-refractivity contribution >= 4 is 44.6 Å². The second kappa shape index (κ2) is 5.22. The average Bonchev–Trinajstić information content (AvgIpc) is 3.07. The maximum absolute atomic E-state index is 6.66. The molecule has 0 atom stereocenters. The van der Waals surface area contributed by atoms with Crippen LogP contribution in [0.2, 0.25) is 5.02 Å². The Bertz CT molecular complexity index is 1260. The third-order valence-electron chi connectivity index (χ3n) is 4.38. The average molecular weight is 346 g/mol. The molecule has 5 nitrogen and oxygen atoms in total. The van der Waals surface area contributed by atoms with Gasteiger partial charge in [-0.1, -0.05) is 29.8 Å². The number of hydrogen-bond donors (Lipinski definition) is 0. The molecule has 0 amide bonds. The molecular weight excluding hydrogens is 334 g/mol. The smallest absolute Gasteiger partial charge is 0.165 e.